The van der Waals surface area contributed by atoms with Gasteiger partial charge in [0.15, 0.2) is 0 Å². The van der Waals surface area contributed by atoms with Gasteiger partial charge in [-0.15, -0.1) is 11.8 Å². The monoisotopic (exact) mass is 268 g/mol. The predicted octanol–water partition coefficient (Wildman–Crippen LogP) is 3.52. The van der Waals surface area contributed by atoms with Gasteiger partial charge >= 0.3 is 5.97 Å². The van der Waals surface area contributed by atoms with Crippen molar-refractivity contribution in [2.75, 3.05) is 12.9 Å². The van der Waals surface area contributed by atoms with Crippen LogP contribution in [-0.2, 0) is 9.53 Å². The zero-order valence-electron chi connectivity index (χ0n) is 11.4. The molecule has 1 aromatic carbocycles. The molecule has 0 spiro atoms. The third-order valence-corrected chi connectivity index (χ3v) is 3.03. The van der Waals surface area contributed by atoms with Crippen LogP contribution >= 0.6 is 11.8 Å². The van der Waals surface area contributed by atoms with Gasteiger partial charge in [0.2, 0.25) is 0 Å². The average Bonchev–Trinajstić information content (AvgIpc) is 2.27. The molecular formula is C14H20O3S. The molecule has 0 aliphatic rings. The van der Waals surface area contributed by atoms with Crippen LogP contribution in [0.25, 0.3) is 0 Å². The first-order valence-corrected chi connectivity index (χ1v) is 6.88. The molecule has 1 rings (SSSR count). The molecule has 0 fully saturated rings. The minimum absolute atomic E-state index is 0.155. The Balaban J connectivity index is 2.35. The first kappa shape index (κ1) is 14.9. The lowest BCUT2D eigenvalue weighted by Gasteiger charge is -2.19. The molecule has 100 valence electrons. The number of hydrogen-bond acceptors (Lipinski definition) is 4. The maximum Gasteiger partial charge on any atom is 0.307 e. The minimum atomic E-state index is -0.405. The molecule has 0 N–H and O–H groups in total. The van der Waals surface area contributed by atoms with Crippen molar-refractivity contribution in [2.24, 2.45) is 0 Å². The van der Waals surface area contributed by atoms with E-state index < -0.39 is 5.60 Å². The second-order valence-corrected chi connectivity index (χ2v) is 6.03. The Morgan fingerprint density at radius 1 is 1.33 bits per heavy atom. The molecule has 0 bridgehead atoms. The lowest BCUT2D eigenvalue weighted by molar-refractivity contribution is -0.154. The van der Waals surface area contributed by atoms with Gasteiger partial charge in [-0.1, -0.05) is 6.07 Å². The Labute approximate surface area is 113 Å². The molecule has 0 aliphatic heterocycles. The van der Waals surface area contributed by atoms with Crippen LogP contribution in [0.5, 0.6) is 5.75 Å². The normalized spacial score (nSPS) is 11.1. The van der Waals surface area contributed by atoms with Crippen LogP contribution in [0.2, 0.25) is 0 Å². The van der Waals surface area contributed by atoms with Gasteiger partial charge in [0.05, 0.1) is 13.5 Å². The summed E-state index contributed by atoms with van der Waals surface area (Å²) in [6.45, 7) is 5.63. The van der Waals surface area contributed by atoms with Gasteiger partial charge in [0.25, 0.3) is 0 Å². The van der Waals surface area contributed by atoms with Gasteiger partial charge in [-0.25, -0.2) is 0 Å². The molecule has 4 heteroatoms. The van der Waals surface area contributed by atoms with Crippen LogP contribution in [-0.4, -0.2) is 24.4 Å². The number of esters is 1. The topological polar surface area (TPSA) is 35.5 Å². The van der Waals surface area contributed by atoms with E-state index in [2.05, 4.69) is 0 Å². The summed E-state index contributed by atoms with van der Waals surface area (Å²) in [5.74, 6) is 1.39. The number of benzene rings is 1. The molecule has 1 aromatic rings. The summed E-state index contributed by atoms with van der Waals surface area (Å²) in [5.41, 5.74) is -0.405. The van der Waals surface area contributed by atoms with Crippen molar-refractivity contribution in [3.63, 3.8) is 0 Å². The van der Waals surface area contributed by atoms with Crippen LogP contribution in [0.1, 0.15) is 27.2 Å². The Kier molecular flexibility index (Phi) is 5.54. The van der Waals surface area contributed by atoms with Crippen LogP contribution in [0.3, 0.4) is 0 Å². The Morgan fingerprint density at radius 2 is 2.06 bits per heavy atom. The fraction of sp³-hybridized carbons (Fsp3) is 0.500. The van der Waals surface area contributed by atoms with E-state index in [0.717, 1.165) is 10.6 Å². The molecule has 0 heterocycles. The first-order valence-electron chi connectivity index (χ1n) is 5.89. The Hall–Kier alpha value is -1.16. The Bertz CT molecular complexity index is 396. The SMILES string of the molecule is COc1cccc(SCCC(=O)OC(C)(C)C)c1. The van der Waals surface area contributed by atoms with Crippen molar-refractivity contribution in [1.82, 2.24) is 0 Å². The van der Waals surface area contributed by atoms with Gasteiger partial charge in [-0.3, -0.25) is 4.79 Å². The number of methoxy groups -OCH3 is 1. The minimum Gasteiger partial charge on any atom is -0.497 e. The molecular weight excluding hydrogens is 248 g/mol. The van der Waals surface area contributed by atoms with E-state index in [-0.39, 0.29) is 5.97 Å². The standard InChI is InChI=1S/C14H20O3S/c1-14(2,3)17-13(15)8-9-18-12-7-5-6-11(10-12)16-4/h5-7,10H,8-9H2,1-4H3. The lowest BCUT2D eigenvalue weighted by atomic mass is 10.2. The highest BCUT2D eigenvalue weighted by Gasteiger charge is 2.15. The predicted molar refractivity (Wildman–Crippen MR) is 74.2 cm³/mol. The number of ether oxygens (including phenoxy) is 2. The number of carbonyl (C=O) groups is 1. The van der Waals surface area contributed by atoms with Crippen LogP contribution in [0.15, 0.2) is 29.2 Å². The van der Waals surface area contributed by atoms with Crippen LogP contribution < -0.4 is 4.74 Å². The van der Waals surface area contributed by atoms with E-state index >= 15 is 0 Å². The van der Waals surface area contributed by atoms with E-state index in [1.54, 1.807) is 18.9 Å². The molecule has 18 heavy (non-hydrogen) atoms. The van der Waals surface area contributed by atoms with Crippen molar-refractivity contribution >= 4 is 17.7 Å². The molecule has 0 saturated heterocycles. The summed E-state index contributed by atoms with van der Waals surface area (Å²) in [5, 5.41) is 0. The van der Waals surface area contributed by atoms with Gasteiger partial charge in [0, 0.05) is 10.6 Å². The molecule has 0 radical (unpaired) electrons. The summed E-state index contributed by atoms with van der Waals surface area (Å²) < 4.78 is 10.4. The van der Waals surface area contributed by atoms with Crippen molar-refractivity contribution in [3.05, 3.63) is 24.3 Å². The summed E-state index contributed by atoms with van der Waals surface area (Å²) >= 11 is 1.62. The third kappa shape index (κ3) is 5.96. The van der Waals surface area contributed by atoms with Gasteiger partial charge in [-0.05, 0) is 39.0 Å². The summed E-state index contributed by atoms with van der Waals surface area (Å²) in [7, 11) is 1.64. The second-order valence-electron chi connectivity index (χ2n) is 4.86. The fourth-order valence-corrected chi connectivity index (χ4v) is 2.21. The van der Waals surface area contributed by atoms with E-state index in [4.69, 9.17) is 9.47 Å². The zero-order chi connectivity index (χ0) is 13.6. The summed E-state index contributed by atoms with van der Waals surface area (Å²) in [4.78, 5) is 12.6. The van der Waals surface area contributed by atoms with Crippen molar-refractivity contribution in [2.45, 2.75) is 37.7 Å². The van der Waals surface area contributed by atoms with Gasteiger partial charge < -0.3 is 9.47 Å². The number of hydrogen-bond donors (Lipinski definition) is 0. The van der Waals surface area contributed by atoms with E-state index in [0.29, 0.717) is 12.2 Å². The van der Waals surface area contributed by atoms with Crippen molar-refractivity contribution in [1.29, 1.82) is 0 Å². The average molecular weight is 268 g/mol. The molecule has 0 saturated carbocycles. The van der Waals surface area contributed by atoms with E-state index in [1.165, 1.54) is 0 Å². The van der Waals surface area contributed by atoms with Gasteiger partial charge in [-0.2, -0.15) is 0 Å². The fourth-order valence-electron chi connectivity index (χ4n) is 1.34. The third-order valence-electron chi connectivity index (χ3n) is 2.04. The largest absolute Gasteiger partial charge is 0.497 e. The molecule has 0 atom stereocenters. The van der Waals surface area contributed by atoms with Crippen molar-refractivity contribution in [3.8, 4) is 5.75 Å². The highest BCUT2D eigenvalue weighted by molar-refractivity contribution is 7.99. The highest BCUT2D eigenvalue weighted by Crippen LogP contribution is 2.23. The number of rotatable bonds is 5. The van der Waals surface area contributed by atoms with Crippen molar-refractivity contribution < 1.29 is 14.3 Å². The maximum atomic E-state index is 11.5. The number of thioether (sulfide) groups is 1. The molecule has 0 aromatic heterocycles. The van der Waals surface area contributed by atoms with Gasteiger partial charge in [0.1, 0.15) is 11.4 Å². The quantitative estimate of drug-likeness (QED) is 0.604. The zero-order valence-corrected chi connectivity index (χ0v) is 12.2. The first-order chi connectivity index (χ1) is 8.40. The second kappa shape index (κ2) is 6.69. The Morgan fingerprint density at radius 3 is 2.67 bits per heavy atom. The molecule has 0 unspecified atom stereocenters. The highest BCUT2D eigenvalue weighted by atomic mass is 32.2. The van der Waals surface area contributed by atoms with E-state index in [1.807, 2.05) is 45.0 Å². The van der Waals surface area contributed by atoms with Crippen LogP contribution in [0, 0.1) is 0 Å². The smallest absolute Gasteiger partial charge is 0.307 e. The van der Waals surface area contributed by atoms with Crippen LogP contribution in [0.4, 0.5) is 0 Å². The summed E-state index contributed by atoms with van der Waals surface area (Å²) in [6.07, 6.45) is 0.416. The molecule has 3 nitrogen and oxygen atoms in total. The number of carbonyl (C=O) groups excluding carboxylic acids is 1. The molecule has 0 amide bonds. The maximum absolute atomic E-state index is 11.5. The van der Waals surface area contributed by atoms with E-state index in [9.17, 15) is 4.79 Å². The summed E-state index contributed by atoms with van der Waals surface area (Å²) in [6, 6.07) is 7.80. The lowest BCUT2D eigenvalue weighted by Crippen LogP contribution is -2.23. The molecule has 0 aliphatic carbocycles.